The summed E-state index contributed by atoms with van der Waals surface area (Å²) in [5.41, 5.74) is 7.59. The Morgan fingerprint density at radius 1 is 1.10 bits per heavy atom. The number of benzene rings is 1. The lowest BCUT2D eigenvalue weighted by atomic mass is 9.91. The van der Waals surface area contributed by atoms with E-state index in [1.54, 1.807) is 7.11 Å². The normalized spacial score (nSPS) is 12.4. The number of aryl methyl sites for hydroxylation is 5. The minimum atomic E-state index is 0.539. The van der Waals surface area contributed by atoms with E-state index in [9.17, 15) is 0 Å². The number of ether oxygens (including phenoxy) is 1. The van der Waals surface area contributed by atoms with Gasteiger partial charge in [-0.25, -0.2) is 9.97 Å². The highest BCUT2D eigenvalue weighted by Gasteiger charge is 2.27. The highest BCUT2D eigenvalue weighted by molar-refractivity contribution is 5.72. The Kier molecular flexibility index (Phi) is 4.69. The Morgan fingerprint density at radius 2 is 1.94 bits per heavy atom. The number of aromatic nitrogens is 6. The Balaban J connectivity index is 1.55. The maximum Gasteiger partial charge on any atom is 0.228 e. The van der Waals surface area contributed by atoms with Crippen molar-refractivity contribution < 1.29 is 4.74 Å². The first kappa shape index (κ1) is 19.3. The minimum absolute atomic E-state index is 0.539. The van der Waals surface area contributed by atoms with E-state index in [1.165, 1.54) is 0 Å². The van der Waals surface area contributed by atoms with Crippen molar-refractivity contribution in [1.29, 1.82) is 0 Å². The molecule has 158 valence electrons. The summed E-state index contributed by atoms with van der Waals surface area (Å²) in [5, 5.41) is 12.5. The Hall–Kier alpha value is -3.68. The van der Waals surface area contributed by atoms with Gasteiger partial charge in [-0.15, -0.1) is 0 Å². The number of hydrogen-bond acceptors (Lipinski definition) is 6. The van der Waals surface area contributed by atoms with Gasteiger partial charge in [-0.3, -0.25) is 9.36 Å². The molecule has 0 fully saturated rings. The number of para-hydroxylation sites is 1. The lowest BCUT2D eigenvalue weighted by Gasteiger charge is -2.17. The van der Waals surface area contributed by atoms with Crippen LogP contribution in [0.2, 0.25) is 0 Å². The van der Waals surface area contributed by atoms with Crippen LogP contribution < -0.4 is 10.1 Å². The SMILES string of the molecule is COc1ccccc1Cc1c2c(nn1C)CCc1cnc(Nc3cc(C)n(C)n3)nc1-2. The molecule has 3 heterocycles. The molecule has 0 amide bonds. The maximum atomic E-state index is 5.57. The number of hydrogen-bond donors (Lipinski definition) is 1. The summed E-state index contributed by atoms with van der Waals surface area (Å²) in [5.74, 6) is 2.15. The fourth-order valence-electron chi connectivity index (χ4n) is 4.16. The molecule has 0 bridgehead atoms. The van der Waals surface area contributed by atoms with Crippen LogP contribution in [-0.4, -0.2) is 36.6 Å². The van der Waals surface area contributed by atoms with E-state index in [4.69, 9.17) is 14.8 Å². The summed E-state index contributed by atoms with van der Waals surface area (Å²) in [4.78, 5) is 9.42. The summed E-state index contributed by atoms with van der Waals surface area (Å²) in [6.07, 6.45) is 4.41. The molecule has 1 N–H and O–H groups in total. The topological polar surface area (TPSA) is 82.7 Å². The lowest BCUT2D eigenvalue weighted by molar-refractivity contribution is 0.410. The van der Waals surface area contributed by atoms with E-state index in [2.05, 4.69) is 21.5 Å². The predicted octanol–water partition coefficient (Wildman–Crippen LogP) is 3.36. The van der Waals surface area contributed by atoms with Crippen molar-refractivity contribution in [1.82, 2.24) is 29.5 Å². The molecule has 5 rings (SSSR count). The number of methoxy groups -OCH3 is 1. The van der Waals surface area contributed by atoms with Crippen LogP contribution in [0.25, 0.3) is 11.3 Å². The first-order valence-electron chi connectivity index (χ1n) is 10.3. The molecule has 0 radical (unpaired) electrons. The molecular weight excluding hydrogens is 390 g/mol. The highest BCUT2D eigenvalue weighted by atomic mass is 16.5. The van der Waals surface area contributed by atoms with Crippen LogP contribution in [0.3, 0.4) is 0 Å². The van der Waals surface area contributed by atoms with Crippen molar-refractivity contribution in [2.75, 3.05) is 12.4 Å². The third kappa shape index (κ3) is 3.43. The van der Waals surface area contributed by atoms with Gasteiger partial charge in [0.1, 0.15) is 5.75 Å². The zero-order valence-corrected chi connectivity index (χ0v) is 18.2. The van der Waals surface area contributed by atoms with Crippen molar-refractivity contribution in [3.8, 4) is 17.0 Å². The van der Waals surface area contributed by atoms with Crippen molar-refractivity contribution in [2.24, 2.45) is 14.1 Å². The van der Waals surface area contributed by atoms with Gasteiger partial charge in [-0.1, -0.05) is 18.2 Å². The van der Waals surface area contributed by atoms with Gasteiger partial charge < -0.3 is 10.1 Å². The third-order valence-electron chi connectivity index (χ3n) is 5.88. The molecule has 0 unspecified atom stereocenters. The van der Waals surface area contributed by atoms with Crippen LogP contribution in [0.5, 0.6) is 5.75 Å². The van der Waals surface area contributed by atoms with Gasteiger partial charge in [0.15, 0.2) is 5.82 Å². The van der Waals surface area contributed by atoms with Crippen LogP contribution >= 0.6 is 0 Å². The molecule has 0 saturated heterocycles. The van der Waals surface area contributed by atoms with E-state index in [1.807, 2.05) is 60.8 Å². The number of nitrogens with zero attached hydrogens (tertiary/aromatic N) is 6. The van der Waals surface area contributed by atoms with Gasteiger partial charge in [0.05, 0.1) is 24.2 Å². The minimum Gasteiger partial charge on any atom is -0.496 e. The summed E-state index contributed by atoms with van der Waals surface area (Å²) in [7, 11) is 5.62. The van der Waals surface area contributed by atoms with Crippen LogP contribution in [0.4, 0.5) is 11.8 Å². The lowest BCUT2D eigenvalue weighted by Crippen LogP contribution is -2.09. The van der Waals surface area contributed by atoms with Gasteiger partial charge in [0, 0.05) is 49.6 Å². The van der Waals surface area contributed by atoms with Crippen LogP contribution in [0, 0.1) is 6.92 Å². The largest absolute Gasteiger partial charge is 0.496 e. The van der Waals surface area contributed by atoms with E-state index in [-0.39, 0.29) is 0 Å². The first-order valence-corrected chi connectivity index (χ1v) is 10.3. The summed E-state index contributed by atoms with van der Waals surface area (Å²) < 4.78 is 9.37. The number of nitrogens with one attached hydrogen (secondary N) is 1. The van der Waals surface area contributed by atoms with Crippen LogP contribution in [0.15, 0.2) is 36.5 Å². The highest BCUT2D eigenvalue weighted by Crippen LogP contribution is 2.36. The quantitative estimate of drug-likeness (QED) is 0.538. The zero-order chi connectivity index (χ0) is 21.5. The second kappa shape index (κ2) is 7.54. The monoisotopic (exact) mass is 415 g/mol. The smallest absolute Gasteiger partial charge is 0.228 e. The van der Waals surface area contributed by atoms with Gasteiger partial charge in [0.25, 0.3) is 0 Å². The predicted molar refractivity (Wildman–Crippen MR) is 119 cm³/mol. The van der Waals surface area contributed by atoms with Crippen molar-refractivity contribution in [3.05, 3.63) is 64.7 Å². The molecule has 0 saturated carbocycles. The van der Waals surface area contributed by atoms with E-state index >= 15 is 0 Å². The standard InChI is InChI=1S/C23H25N7O/c1-14-11-20(28-29(14)2)25-23-24-13-16-9-10-17-21(22(16)26-23)18(30(3)27-17)12-15-7-5-6-8-19(15)31-4/h5-8,11,13H,9-10,12H2,1-4H3,(H,24,25,26,28). The van der Waals surface area contributed by atoms with Gasteiger partial charge in [-0.2, -0.15) is 10.2 Å². The first-order chi connectivity index (χ1) is 15.0. The van der Waals surface area contributed by atoms with Crippen molar-refractivity contribution in [3.63, 3.8) is 0 Å². The maximum absolute atomic E-state index is 5.57. The Bertz CT molecular complexity index is 1250. The molecule has 4 aromatic rings. The fourth-order valence-corrected chi connectivity index (χ4v) is 4.16. The Labute approximate surface area is 180 Å². The zero-order valence-electron chi connectivity index (χ0n) is 18.2. The van der Waals surface area contributed by atoms with Gasteiger partial charge in [-0.05, 0) is 31.4 Å². The molecule has 1 aromatic carbocycles. The summed E-state index contributed by atoms with van der Waals surface area (Å²) >= 11 is 0. The van der Waals surface area contributed by atoms with Crippen LogP contribution in [-0.2, 0) is 33.4 Å². The van der Waals surface area contributed by atoms with Gasteiger partial charge in [0.2, 0.25) is 5.95 Å². The van der Waals surface area contributed by atoms with Gasteiger partial charge >= 0.3 is 0 Å². The summed E-state index contributed by atoms with van der Waals surface area (Å²) in [6.45, 7) is 2.01. The molecule has 3 aromatic heterocycles. The fraction of sp³-hybridized carbons (Fsp3) is 0.304. The van der Waals surface area contributed by atoms with E-state index < -0.39 is 0 Å². The van der Waals surface area contributed by atoms with E-state index in [0.29, 0.717) is 12.4 Å². The molecule has 0 atom stereocenters. The number of fused-ring (bicyclic) bond motifs is 3. The average Bonchev–Trinajstić information content (AvgIpc) is 3.26. The molecule has 1 aliphatic rings. The molecule has 1 aliphatic carbocycles. The third-order valence-corrected chi connectivity index (χ3v) is 5.88. The molecule has 31 heavy (non-hydrogen) atoms. The molecule has 0 aliphatic heterocycles. The van der Waals surface area contributed by atoms with Crippen molar-refractivity contribution in [2.45, 2.75) is 26.2 Å². The summed E-state index contributed by atoms with van der Waals surface area (Å²) in [6, 6.07) is 10.1. The number of anilines is 2. The second-order valence-electron chi connectivity index (χ2n) is 7.87. The molecular formula is C23H25N7O. The van der Waals surface area contributed by atoms with Crippen LogP contribution in [0.1, 0.15) is 28.2 Å². The van der Waals surface area contributed by atoms with E-state index in [0.717, 1.165) is 63.9 Å². The molecule has 8 nitrogen and oxygen atoms in total. The van der Waals surface area contributed by atoms with Crippen molar-refractivity contribution >= 4 is 11.8 Å². The number of rotatable bonds is 5. The molecule has 8 heteroatoms. The second-order valence-corrected chi connectivity index (χ2v) is 7.87. The average molecular weight is 416 g/mol. The molecule has 0 spiro atoms. The Morgan fingerprint density at radius 3 is 2.71 bits per heavy atom.